The maximum atomic E-state index is 15.6. The minimum atomic E-state index is -2.09. The zero-order valence-corrected chi connectivity index (χ0v) is 24.6. The van der Waals surface area contributed by atoms with Gasteiger partial charge in [-0.05, 0) is 67.2 Å². The first-order valence-corrected chi connectivity index (χ1v) is 16.7. The molecule has 1 aliphatic rings. The van der Waals surface area contributed by atoms with Crippen LogP contribution in [-0.2, 0) is 10.8 Å². The van der Waals surface area contributed by atoms with E-state index in [-0.39, 0.29) is 33.6 Å². The van der Waals surface area contributed by atoms with E-state index in [1.165, 1.54) is 11.3 Å². The van der Waals surface area contributed by atoms with Gasteiger partial charge in [-0.15, -0.1) is 11.3 Å². The quantitative estimate of drug-likeness (QED) is 0.243. The van der Waals surface area contributed by atoms with Crippen LogP contribution in [0.1, 0.15) is 60.5 Å². The van der Waals surface area contributed by atoms with Crippen molar-refractivity contribution in [1.29, 1.82) is 0 Å². The lowest BCUT2D eigenvalue weighted by atomic mass is 9.96. The molecule has 1 aliphatic carbocycles. The van der Waals surface area contributed by atoms with Gasteiger partial charge in [-0.2, -0.15) is 0 Å². The SMILES string of the molecule is CC(C)(C)[Si](C)(C)OC1CCCc2sc(-c3nc4c(cc3F)c(=O)c(C(=O)O)cn4-c3ccc(F)cc3F)cc21. The largest absolute Gasteiger partial charge is 0.477 e. The number of carboxylic acids is 1. The number of hydrogen-bond acceptors (Lipinski definition) is 5. The molecule has 1 atom stereocenters. The fourth-order valence-electron chi connectivity index (χ4n) is 4.70. The van der Waals surface area contributed by atoms with E-state index in [2.05, 4.69) is 38.8 Å². The van der Waals surface area contributed by atoms with Gasteiger partial charge < -0.3 is 9.53 Å². The maximum absolute atomic E-state index is 15.6. The van der Waals surface area contributed by atoms with E-state index in [0.717, 1.165) is 58.7 Å². The highest BCUT2D eigenvalue weighted by molar-refractivity contribution is 7.15. The van der Waals surface area contributed by atoms with Gasteiger partial charge in [-0.25, -0.2) is 22.9 Å². The van der Waals surface area contributed by atoms with E-state index in [9.17, 15) is 23.5 Å². The zero-order valence-electron chi connectivity index (χ0n) is 22.8. The Morgan fingerprint density at radius 3 is 2.52 bits per heavy atom. The molecule has 3 aromatic heterocycles. The maximum Gasteiger partial charge on any atom is 0.341 e. The van der Waals surface area contributed by atoms with Gasteiger partial charge in [0, 0.05) is 17.1 Å². The predicted octanol–water partition coefficient (Wildman–Crippen LogP) is 7.63. The Morgan fingerprint density at radius 2 is 1.88 bits per heavy atom. The lowest BCUT2D eigenvalue weighted by Gasteiger charge is -2.40. The number of nitrogens with zero attached hydrogens (tertiary/aromatic N) is 2. The van der Waals surface area contributed by atoms with Crippen LogP contribution in [0.25, 0.3) is 27.3 Å². The normalized spacial score (nSPS) is 15.8. The second-order valence-corrected chi connectivity index (χ2v) is 17.5. The molecule has 5 rings (SSSR count). The molecule has 0 spiro atoms. The number of halogens is 3. The first-order valence-electron chi connectivity index (χ1n) is 12.9. The van der Waals surface area contributed by atoms with Crippen molar-refractivity contribution in [3.8, 4) is 16.3 Å². The summed E-state index contributed by atoms with van der Waals surface area (Å²) in [6, 6.07) is 5.56. The number of carboxylic acid groups (broad SMARTS) is 1. The Morgan fingerprint density at radius 1 is 1.15 bits per heavy atom. The summed E-state index contributed by atoms with van der Waals surface area (Å²) in [4.78, 5) is 30.8. The van der Waals surface area contributed by atoms with Crippen LogP contribution >= 0.6 is 11.3 Å². The van der Waals surface area contributed by atoms with Crippen LogP contribution in [0.3, 0.4) is 0 Å². The number of rotatable bonds is 5. The number of thiophene rings is 1. The van der Waals surface area contributed by atoms with Crippen molar-refractivity contribution in [1.82, 2.24) is 9.55 Å². The highest BCUT2D eigenvalue weighted by Crippen LogP contribution is 2.46. The van der Waals surface area contributed by atoms with Gasteiger partial charge in [0.1, 0.15) is 28.5 Å². The highest BCUT2D eigenvalue weighted by Gasteiger charge is 2.40. The van der Waals surface area contributed by atoms with Gasteiger partial charge in [0.15, 0.2) is 14.1 Å². The topological polar surface area (TPSA) is 81.4 Å². The number of pyridine rings is 2. The van der Waals surface area contributed by atoms with Gasteiger partial charge in [-0.1, -0.05) is 20.8 Å². The molecular formula is C29H29F3N2O4SSi. The molecule has 0 radical (unpaired) electrons. The molecule has 1 aromatic carbocycles. The lowest BCUT2D eigenvalue weighted by Crippen LogP contribution is -2.42. The Balaban J connectivity index is 1.69. The second kappa shape index (κ2) is 9.97. The smallest absolute Gasteiger partial charge is 0.341 e. The minimum absolute atomic E-state index is 0.0174. The van der Waals surface area contributed by atoms with Crippen molar-refractivity contribution in [3.63, 3.8) is 0 Å². The molecule has 0 saturated carbocycles. The molecule has 40 heavy (non-hydrogen) atoms. The Kier molecular flexibility index (Phi) is 7.04. The van der Waals surface area contributed by atoms with Crippen molar-refractivity contribution < 1.29 is 27.5 Å². The standard InChI is InChI=1S/C29H29F3N2O4SSi/c1-29(2,3)40(4,5)38-22-7-6-8-23-16(22)13-24(39-23)25-20(32)12-17-26(35)18(28(36)37)14-34(27(17)33-25)21-10-9-15(30)11-19(21)31/h9-14,22H,6-8H2,1-5H3,(H,36,37). The first-order chi connectivity index (χ1) is 18.7. The number of aryl methyl sites for hydroxylation is 1. The van der Waals surface area contributed by atoms with Crippen LogP contribution < -0.4 is 5.43 Å². The summed E-state index contributed by atoms with van der Waals surface area (Å²) in [5.41, 5.74) is -1.06. The number of benzene rings is 1. The molecule has 0 amide bonds. The molecule has 0 aliphatic heterocycles. The van der Waals surface area contributed by atoms with Gasteiger partial charge in [0.05, 0.1) is 22.1 Å². The van der Waals surface area contributed by atoms with Crippen LogP contribution in [0, 0.1) is 17.5 Å². The summed E-state index contributed by atoms with van der Waals surface area (Å²) in [5.74, 6) is -4.19. The summed E-state index contributed by atoms with van der Waals surface area (Å²) in [7, 11) is -2.09. The molecule has 3 heterocycles. The number of aromatic carboxylic acids is 1. The average molecular weight is 587 g/mol. The van der Waals surface area contributed by atoms with Crippen LogP contribution in [-0.4, -0.2) is 28.9 Å². The minimum Gasteiger partial charge on any atom is -0.477 e. The van der Waals surface area contributed by atoms with E-state index in [0.29, 0.717) is 10.9 Å². The van der Waals surface area contributed by atoms with Crippen molar-refractivity contribution in [2.24, 2.45) is 0 Å². The van der Waals surface area contributed by atoms with E-state index < -0.39 is 42.7 Å². The molecule has 0 bridgehead atoms. The number of carbonyl (C=O) groups is 1. The molecule has 6 nitrogen and oxygen atoms in total. The number of fused-ring (bicyclic) bond motifs is 2. The van der Waals surface area contributed by atoms with Crippen molar-refractivity contribution in [2.45, 2.75) is 64.3 Å². The van der Waals surface area contributed by atoms with Gasteiger partial charge in [-0.3, -0.25) is 9.36 Å². The summed E-state index contributed by atoms with van der Waals surface area (Å²) < 4.78 is 51.8. The summed E-state index contributed by atoms with van der Waals surface area (Å²) in [6.07, 6.45) is 3.41. The Hall–Kier alpha value is -3.28. The Labute approximate surface area is 234 Å². The number of hydrogen-bond donors (Lipinski definition) is 1. The van der Waals surface area contributed by atoms with Crippen LogP contribution in [0.15, 0.2) is 41.3 Å². The average Bonchev–Trinajstić information content (AvgIpc) is 3.29. The summed E-state index contributed by atoms with van der Waals surface area (Å²) >= 11 is 1.40. The molecule has 11 heteroatoms. The fraction of sp³-hybridized carbons (Fsp3) is 0.345. The van der Waals surface area contributed by atoms with Crippen molar-refractivity contribution >= 4 is 36.7 Å². The molecule has 1 N–H and O–H groups in total. The Bertz CT molecular complexity index is 1730. The van der Waals surface area contributed by atoms with Crippen LogP contribution in [0.4, 0.5) is 13.2 Å². The van der Waals surface area contributed by atoms with E-state index in [4.69, 9.17) is 4.43 Å². The zero-order chi connectivity index (χ0) is 29.1. The fourth-order valence-corrected chi connectivity index (χ4v) is 7.25. The van der Waals surface area contributed by atoms with E-state index in [1.807, 2.05) is 6.07 Å². The molecular weight excluding hydrogens is 557 g/mol. The van der Waals surface area contributed by atoms with E-state index >= 15 is 4.39 Å². The molecule has 4 aromatic rings. The highest BCUT2D eigenvalue weighted by atomic mass is 32.1. The predicted molar refractivity (Wildman–Crippen MR) is 151 cm³/mol. The summed E-state index contributed by atoms with van der Waals surface area (Å²) in [5, 5.41) is 9.26. The molecule has 0 fully saturated rings. The van der Waals surface area contributed by atoms with Crippen molar-refractivity contribution in [3.05, 3.63) is 80.2 Å². The summed E-state index contributed by atoms with van der Waals surface area (Å²) in [6.45, 7) is 10.9. The van der Waals surface area contributed by atoms with Gasteiger partial charge in [0.2, 0.25) is 5.43 Å². The van der Waals surface area contributed by atoms with E-state index in [1.54, 1.807) is 0 Å². The second-order valence-electron chi connectivity index (χ2n) is 11.6. The van der Waals surface area contributed by atoms with Gasteiger partial charge >= 0.3 is 5.97 Å². The first kappa shape index (κ1) is 28.3. The van der Waals surface area contributed by atoms with Crippen LogP contribution in [0.5, 0.6) is 0 Å². The molecule has 0 saturated heterocycles. The third-order valence-electron chi connectivity index (χ3n) is 7.87. The van der Waals surface area contributed by atoms with Crippen molar-refractivity contribution in [2.75, 3.05) is 0 Å². The number of aromatic nitrogens is 2. The monoisotopic (exact) mass is 586 g/mol. The van der Waals surface area contributed by atoms with Crippen LogP contribution in [0.2, 0.25) is 18.1 Å². The van der Waals surface area contributed by atoms with Gasteiger partial charge in [0.25, 0.3) is 0 Å². The lowest BCUT2D eigenvalue weighted by molar-refractivity contribution is 0.0695. The molecule has 1 unspecified atom stereocenters. The third-order valence-corrected chi connectivity index (χ3v) is 13.6. The third kappa shape index (κ3) is 4.90. The molecule has 210 valence electrons.